The summed E-state index contributed by atoms with van der Waals surface area (Å²) in [6.07, 6.45) is 4.96. The number of pyridine rings is 1. The van der Waals surface area contributed by atoms with Gasteiger partial charge in [-0.25, -0.2) is 9.59 Å². The van der Waals surface area contributed by atoms with Gasteiger partial charge >= 0.3 is 11.9 Å². The van der Waals surface area contributed by atoms with Gasteiger partial charge in [-0.3, -0.25) is 19.2 Å². The maximum absolute atomic E-state index is 13.2. The summed E-state index contributed by atoms with van der Waals surface area (Å²) in [6.45, 7) is 4.93. The van der Waals surface area contributed by atoms with Crippen LogP contribution >= 0.6 is 0 Å². The van der Waals surface area contributed by atoms with Crippen molar-refractivity contribution >= 4 is 35.3 Å². The quantitative estimate of drug-likeness (QED) is 0.187. The first kappa shape index (κ1) is 32.5. The summed E-state index contributed by atoms with van der Waals surface area (Å²) in [5.74, 6) is -3.90. The van der Waals surface area contributed by atoms with E-state index in [1.165, 1.54) is 30.5 Å². The molecule has 0 saturated heterocycles. The second kappa shape index (κ2) is 16.4. The van der Waals surface area contributed by atoms with Gasteiger partial charge in [0.1, 0.15) is 24.3 Å². The Bertz CT molecular complexity index is 1310. The first-order valence-electron chi connectivity index (χ1n) is 13.3. The van der Waals surface area contributed by atoms with E-state index >= 15 is 0 Å². The molecule has 2 rings (SSSR count). The van der Waals surface area contributed by atoms with Crippen LogP contribution in [0.1, 0.15) is 50.4 Å². The largest absolute Gasteiger partial charge is 0.480 e. The molecule has 0 fully saturated rings. The van der Waals surface area contributed by atoms with E-state index in [0.717, 1.165) is 4.57 Å². The predicted molar refractivity (Wildman–Crippen MR) is 151 cm³/mol. The molecule has 0 aliphatic carbocycles. The van der Waals surface area contributed by atoms with Crippen molar-refractivity contribution in [2.24, 2.45) is 5.92 Å². The molecule has 0 spiro atoms. The molecule has 1 aromatic heterocycles. The third-order valence-electron chi connectivity index (χ3n) is 6.21. The average molecular weight is 569 g/mol. The Hall–Kier alpha value is -4.74. The molecule has 1 aromatic carbocycles. The standard InChI is InChI=1S/C29H36N4O8/c1-4-19(3)25(29(39)40)32-23(34)18-33-17-11-15-22(28(33)38)31-27(37)21(14-9-10-16-24(35)41-5-2)30-26(36)20-12-7-6-8-13-20/h6-8,10-13,15-17,19,21,25H,4-5,9,14,18H2,1-3H3,(H,30,36)(H,31,37)(H,32,34)(H,39,40)/b16-10+/t19-,21+,25+/m1/s1. The minimum atomic E-state index is -1.18. The summed E-state index contributed by atoms with van der Waals surface area (Å²) in [5.41, 5.74) is -0.498. The number of hydrogen-bond donors (Lipinski definition) is 4. The predicted octanol–water partition coefficient (Wildman–Crippen LogP) is 2.10. The van der Waals surface area contributed by atoms with Crippen molar-refractivity contribution in [3.8, 4) is 0 Å². The number of ether oxygens (including phenoxy) is 1. The molecule has 0 bridgehead atoms. The van der Waals surface area contributed by atoms with Crippen molar-refractivity contribution < 1.29 is 33.8 Å². The molecule has 3 amide bonds. The molecule has 2 aromatic rings. The second-order valence-electron chi connectivity index (χ2n) is 9.24. The second-order valence-corrected chi connectivity index (χ2v) is 9.24. The Morgan fingerprint density at radius 2 is 1.73 bits per heavy atom. The molecule has 3 atom stereocenters. The van der Waals surface area contributed by atoms with Gasteiger partial charge in [0, 0.05) is 17.8 Å². The molecule has 0 aliphatic heterocycles. The lowest BCUT2D eigenvalue weighted by molar-refractivity contribution is -0.143. The van der Waals surface area contributed by atoms with E-state index < -0.39 is 53.8 Å². The molecule has 0 radical (unpaired) electrons. The Morgan fingerprint density at radius 3 is 2.37 bits per heavy atom. The Balaban J connectivity index is 2.18. The fourth-order valence-electron chi connectivity index (χ4n) is 3.77. The van der Waals surface area contributed by atoms with Crippen LogP contribution in [-0.2, 0) is 30.5 Å². The van der Waals surface area contributed by atoms with Crippen molar-refractivity contribution in [3.63, 3.8) is 0 Å². The number of benzene rings is 1. The van der Waals surface area contributed by atoms with Crippen molar-refractivity contribution in [1.29, 1.82) is 0 Å². The topological polar surface area (TPSA) is 173 Å². The maximum Gasteiger partial charge on any atom is 0.330 e. The molecule has 220 valence electrons. The first-order valence-corrected chi connectivity index (χ1v) is 13.3. The van der Waals surface area contributed by atoms with Gasteiger partial charge in [0.05, 0.1) is 6.61 Å². The van der Waals surface area contributed by atoms with Crippen LogP contribution in [-0.4, -0.2) is 58.0 Å². The van der Waals surface area contributed by atoms with E-state index in [-0.39, 0.29) is 31.1 Å². The fraction of sp³-hybridized carbons (Fsp3) is 0.379. The molecule has 1 heterocycles. The van der Waals surface area contributed by atoms with E-state index in [1.54, 1.807) is 51.1 Å². The Labute approximate surface area is 237 Å². The van der Waals surface area contributed by atoms with Crippen LogP contribution in [0.5, 0.6) is 0 Å². The number of aliphatic carboxylic acids is 1. The zero-order valence-electron chi connectivity index (χ0n) is 23.3. The van der Waals surface area contributed by atoms with E-state index in [4.69, 9.17) is 4.74 Å². The molecular formula is C29H36N4O8. The van der Waals surface area contributed by atoms with E-state index in [9.17, 15) is 33.9 Å². The highest BCUT2D eigenvalue weighted by atomic mass is 16.5. The minimum Gasteiger partial charge on any atom is -0.480 e. The summed E-state index contributed by atoms with van der Waals surface area (Å²) in [6, 6.07) is 8.89. The number of carboxylic acids is 1. The lowest BCUT2D eigenvalue weighted by Crippen LogP contribution is -2.47. The van der Waals surface area contributed by atoms with Crippen LogP contribution in [0.4, 0.5) is 5.69 Å². The van der Waals surface area contributed by atoms with Gasteiger partial charge in [0.15, 0.2) is 0 Å². The Kier molecular flexibility index (Phi) is 13.0. The number of anilines is 1. The van der Waals surface area contributed by atoms with Crippen molar-refractivity contribution in [3.05, 3.63) is 76.7 Å². The van der Waals surface area contributed by atoms with Crippen LogP contribution in [0.15, 0.2) is 65.6 Å². The average Bonchev–Trinajstić information content (AvgIpc) is 2.95. The van der Waals surface area contributed by atoms with Crippen LogP contribution in [0.2, 0.25) is 0 Å². The van der Waals surface area contributed by atoms with Gasteiger partial charge in [-0.15, -0.1) is 0 Å². The molecular weight excluding hydrogens is 532 g/mol. The number of rotatable bonds is 15. The minimum absolute atomic E-state index is 0.107. The summed E-state index contributed by atoms with van der Waals surface area (Å²) < 4.78 is 5.87. The number of hydrogen-bond acceptors (Lipinski definition) is 7. The fourth-order valence-corrected chi connectivity index (χ4v) is 3.77. The number of allylic oxidation sites excluding steroid dienone is 1. The van der Waals surface area contributed by atoms with E-state index in [1.807, 2.05) is 0 Å². The first-order chi connectivity index (χ1) is 19.6. The molecule has 0 aliphatic rings. The zero-order valence-corrected chi connectivity index (χ0v) is 23.3. The van der Waals surface area contributed by atoms with Gasteiger partial charge in [-0.05, 0) is 49.9 Å². The van der Waals surface area contributed by atoms with Crippen LogP contribution in [0.3, 0.4) is 0 Å². The third-order valence-corrected chi connectivity index (χ3v) is 6.21. The summed E-state index contributed by atoms with van der Waals surface area (Å²) in [4.78, 5) is 74.6. The van der Waals surface area contributed by atoms with Gasteiger partial charge in [-0.2, -0.15) is 0 Å². The number of esters is 1. The monoisotopic (exact) mass is 568 g/mol. The number of carbonyl (C=O) groups is 5. The van der Waals surface area contributed by atoms with Crippen LogP contribution < -0.4 is 21.5 Å². The number of carbonyl (C=O) groups excluding carboxylic acids is 4. The van der Waals surface area contributed by atoms with Gasteiger partial charge in [-0.1, -0.05) is 44.5 Å². The third kappa shape index (κ3) is 10.4. The lowest BCUT2D eigenvalue weighted by Gasteiger charge is -2.20. The molecule has 0 unspecified atom stereocenters. The van der Waals surface area contributed by atoms with Crippen LogP contribution in [0.25, 0.3) is 0 Å². The van der Waals surface area contributed by atoms with Crippen molar-refractivity contribution in [2.45, 2.75) is 58.7 Å². The van der Waals surface area contributed by atoms with E-state index in [2.05, 4.69) is 16.0 Å². The highest BCUT2D eigenvalue weighted by Crippen LogP contribution is 2.09. The highest BCUT2D eigenvalue weighted by Gasteiger charge is 2.26. The molecule has 12 heteroatoms. The van der Waals surface area contributed by atoms with Crippen LogP contribution in [0, 0.1) is 5.92 Å². The lowest BCUT2D eigenvalue weighted by atomic mass is 9.99. The molecule has 0 saturated carbocycles. The number of nitrogens with zero attached hydrogens (tertiary/aromatic N) is 1. The SMILES string of the molecule is CCOC(=O)/C=C/CC[C@H](NC(=O)c1ccccc1)C(=O)Nc1cccn(CC(=O)N[C@H](C(=O)O)[C@H](C)CC)c1=O. The molecule has 41 heavy (non-hydrogen) atoms. The molecule has 12 nitrogen and oxygen atoms in total. The Morgan fingerprint density at radius 1 is 1.02 bits per heavy atom. The molecule has 4 N–H and O–H groups in total. The summed E-state index contributed by atoms with van der Waals surface area (Å²) in [5, 5.41) is 17.0. The number of nitrogens with one attached hydrogen (secondary N) is 3. The zero-order chi connectivity index (χ0) is 30.4. The summed E-state index contributed by atoms with van der Waals surface area (Å²) in [7, 11) is 0. The highest BCUT2D eigenvalue weighted by molar-refractivity contribution is 6.01. The normalized spacial score (nSPS) is 13.0. The van der Waals surface area contributed by atoms with E-state index in [0.29, 0.717) is 12.0 Å². The number of carboxylic acid groups (broad SMARTS) is 1. The van der Waals surface area contributed by atoms with Crippen molar-refractivity contribution in [2.75, 3.05) is 11.9 Å². The smallest absolute Gasteiger partial charge is 0.330 e. The van der Waals surface area contributed by atoms with Gasteiger partial charge in [0.2, 0.25) is 11.8 Å². The number of amides is 3. The summed E-state index contributed by atoms with van der Waals surface area (Å²) >= 11 is 0. The van der Waals surface area contributed by atoms with Gasteiger partial charge in [0.25, 0.3) is 11.5 Å². The van der Waals surface area contributed by atoms with Gasteiger partial charge < -0.3 is 30.4 Å². The number of aromatic nitrogens is 1. The maximum atomic E-state index is 13.2. The van der Waals surface area contributed by atoms with Crippen molar-refractivity contribution in [1.82, 2.24) is 15.2 Å².